The SMILES string of the molecule is CCCOc1ccc(C(=O)NCC(=O)N/N=C\c2cn(-c3ccccc3)nc2-c2cccc(C)c2)cc1. The van der Waals surface area contributed by atoms with E-state index in [-0.39, 0.29) is 12.5 Å². The molecular weight excluding hydrogens is 466 g/mol. The average Bonchev–Trinajstić information content (AvgIpc) is 3.35. The minimum Gasteiger partial charge on any atom is -0.494 e. The first-order valence-electron chi connectivity index (χ1n) is 12.1. The van der Waals surface area contributed by atoms with Crippen LogP contribution in [0.1, 0.15) is 34.8 Å². The normalized spacial score (nSPS) is 10.9. The molecule has 4 aromatic rings. The Morgan fingerprint density at radius 1 is 1.03 bits per heavy atom. The molecule has 0 aliphatic carbocycles. The molecule has 0 atom stereocenters. The predicted molar refractivity (Wildman–Crippen MR) is 144 cm³/mol. The second kappa shape index (κ2) is 12.3. The Labute approximate surface area is 216 Å². The average molecular weight is 496 g/mol. The zero-order valence-corrected chi connectivity index (χ0v) is 20.8. The first-order valence-corrected chi connectivity index (χ1v) is 12.1. The van der Waals surface area contributed by atoms with Gasteiger partial charge in [-0.05, 0) is 55.8 Å². The Balaban J connectivity index is 1.39. The molecule has 0 bridgehead atoms. The molecule has 1 heterocycles. The number of hydrogen-bond donors (Lipinski definition) is 2. The standard InChI is InChI=1S/C29H29N5O3/c1-3-16-37-26-14-12-22(13-15-26)29(36)30-19-27(35)32-31-18-24-20-34(25-10-5-4-6-11-25)33-28(24)23-9-7-8-21(2)17-23/h4-15,17-18,20H,3,16,19H2,1-2H3,(H,30,36)(H,32,35)/b31-18-. The largest absolute Gasteiger partial charge is 0.494 e. The van der Waals surface area contributed by atoms with Crippen LogP contribution < -0.4 is 15.5 Å². The number of nitrogens with one attached hydrogen (secondary N) is 2. The van der Waals surface area contributed by atoms with Gasteiger partial charge in [0.2, 0.25) is 0 Å². The molecule has 3 aromatic carbocycles. The zero-order chi connectivity index (χ0) is 26.0. The van der Waals surface area contributed by atoms with Gasteiger partial charge in [0.25, 0.3) is 11.8 Å². The van der Waals surface area contributed by atoms with Crippen molar-refractivity contribution in [1.29, 1.82) is 0 Å². The molecule has 37 heavy (non-hydrogen) atoms. The summed E-state index contributed by atoms with van der Waals surface area (Å²) in [7, 11) is 0. The third-order valence-corrected chi connectivity index (χ3v) is 5.45. The zero-order valence-electron chi connectivity index (χ0n) is 20.8. The number of carbonyl (C=O) groups is 2. The summed E-state index contributed by atoms with van der Waals surface area (Å²) in [5, 5.41) is 11.5. The first-order chi connectivity index (χ1) is 18.0. The Kier molecular flexibility index (Phi) is 8.44. The van der Waals surface area contributed by atoms with Gasteiger partial charge in [0.1, 0.15) is 11.4 Å². The van der Waals surface area contributed by atoms with Crippen molar-refractivity contribution in [2.24, 2.45) is 5.10 Å². The van der Waals surface area contributed by atoms with Crippen LogP contribution in [0.3, 0.4) is 0 Å². The van der Waals surface area contributed by atoms with Crippen LogP contribution >= 0.6 is 0 Å². The van der Waals surface area contributed by atoms with Crippen LogP contribution in [0.25, 0.3) is 16.9 Å². The number of rotatable bonds is 10. The number of benzene rings is 3. The molecule has 188 valence electrons. The lowest BCUT2D eigenvalue weighted by Gasteiger charge is -2.07. The minimum absolute atomic E-state index is 0.210. The van der Waals surface area contributed by atoms with Crippen molar-refractivity contribution in [2.45, 2.75) is 20.3 Å². The molecule has 8 heteroatoms. The maximum absolute atomic E-state index is 12.4. The van der Waals surface area contributed by atoms with E-state index in [1.54, 1.807) is 35.2 Å². The van der Waals surface area contributed by atoms with Crippen molar-refractivity contribution < 1.29 is 14.3 Å². The monoisotopic (exact) mass is 495 g/mol. The fraction of sp³-hybridized carbons (Fsp3) is 0.172. The fourth-order valence-electron chi connectivity index (χ4n) is 3.61. The van der Waals surface area contributed by atoms with Crippen LogP contribution in [0.5, 0.6) is 5.75 Å². The van der Waals surface area contributed by atoms with Gasteiger partial charge < -0.3 is 10.1 Å². The number of para-hydroxylation sites is 1. The summed E-state index contributed by atoms with van der Waals surface area (Å²) in [5.41, 5.74) is 7.36. The van der Waals surface area contributed by atoms with Crippen molar-refractivity contribution in [3.05, 3.63) is 102 Å². The number of hydrazone groups is 1. The topological polar surface area (TPSA) is 97.6 Å². The summed E-state index contributed by atoms with van der Waals surface area (Å²) < 4.78 is 7.30. The second-order valence-electron chi connectivity index (χ2n) is 8.43. The molecule has 0 aliphatic heterocycles. The van der Waals surface area contributed by atoms with Gasteiger partial charge in [-0.2, -0.15) is 10.2 Å². The van der Waals surface area contributed by atoms with Crippen LogP contribution in [0.2, 0.25) is 0 Å². The molecule has 2 N–H and O–H groups in total. The van der Waals surface area contributed by atoms with Gasteiger partial charge in [-0.25, -0.2) is 10.1 Å². The number of amides is 2. The van der Waals surface area contributed by atoms with Crippen LogP contribution in [-0.2, 0) is 4.79 Å². The Hall–Kier alpha value is -4.72. The van der Waals surface area contributed by atoms with Gasteiger partial charge in [0, 0.05) is 22.9 Å². The van der Waals surface area contributed by atoms with Gasteiger partial charge >= 0.3 is 0 Å². The van der Waals surface area contributed by atoms with Gasteiger partial charge in [-0.1, -0.05) is 48.9 Å². The van der Waals surface area contributed by atoms with Crippen LogP contribution in [-0.4, -0.2) is 41.0 Å². The molecule has 0 radical (unpaired) electrons. The maximum Gasteiger partial charge on any atom is 0.259 e. The quantitative estimate of drug-likeness (QED) is 0.250. The van der Waals surface area contributed by atoms with E-state index in [1.807, 2.05) is 74.6 Å². The molecule has 0 unspecified atom stereocenters. The van der Waals surface area contributed by atoms with Crippen molar-refractivity contribution >= 4 is 18.0 Å². The van der Waals surface area contributed by atoms with Crippen LogP contribution in [0.4, 0.5) is 0 Å². The molecule has 0 spiro atoms. The van der Waals surface area contributed by atoms with Gasteiger partial charge in [-0.15, -0.1) is 0 Å². The summed E-state index contributed by atoms with van der Waals surface area (Å²) in [6.45, 7) is 4.45. The Morgan fingerprint density at radius 3 is 2.54 bits per heavy atom. The number of aromatic nitrogens is 2. The highest BCUT2D eigenvalue weighted by Crippen LogP contribution is 2.23. The van der Waals surface area contributed by atoms with E-state index in [0.29, 0.717) is 17.9 Å². The number of aryl methyl sites for hydroxylation is 1. The molecule has 0 saturated heterocycles. The molecule has 8 nitrogen and oxygen atoms in total. The predicted octanol–water partition coefficient (Wildman–Crippen LogP) is 4.52. The van der Waals surface area contributed by atoms with Crippen molar-refractivity contribution in [1.82, 2.24) is 20.5 Å². The highest BCUT2D eigenvalue weighted by molar-refractivity contribution is 5.96. The van der Waals surface area contributed by atoms with Crippen molar-refractivity contribution in [3.8, 4) is 22.7 Å². The highest BCUT2D eigenvalue weighted by atomic mass is 16.5. The molecule has 1 aromatic heterocycles. The smallest absolute Gasteiger partial charge is 0.259 e. The summed E-state index contributed by atoms with van der Waals surface area (Å²) in [6, 6.07) is 24.6. The fourth-order valence-corrected chi connectivity index (χ4v) is 3.61. The molecule has 4 rings (SSSR count). The molecule has 0 fully saturated rings. The summed E-state index contributed by atoms with van der Waals surface area (Å²) in [4.78, 5) is 24.6. The lowest BCUT2D eigenvalue weighted by Crippen LogP contribution is -2.34. The number of ether oxygens (including phenoxy) is 1. The number of carbonyl (C=O) groups excluding carboxylic acids is 2. The van der Waals surface area contributed by atoms with Gasteiger partial charge in [0.05, 0.1) is 25.1 Å². The van der Waals surface area contributed by atoms with E-state index >= 15 is 0 Å². The minimum atomic E-state index is -0.444. The van der Waals surface area contributed by atoms with Crippen LogP contribution in [0, 0.1) is 6.92 Å². The summed E-state index contributed by atoms with van der Waals surface area (Å²) in [5.74, 6) is -0.0989. The van der Waals surface area contributed by atoms with E-state index < -0.39 is 5.91 Å². The number of hydrogen-bond acceptors (Lipinski definition) is 5. The van der Waals surface area contributed by atoms with Gasteiger partial charge in [-0.3, -0.25) is 9.59 Å². The van der Waals surface area contributed by atoms with Crippen molar-refractivity contribution in [2.75, 3.05) is 13.2 Å². The lowest BCUT2D eigenvalue weighted by molar-refractivity contribution is -0.120. The Morgan fingerprint density at radius 2 is 1.81 bits per heavy atom. The number of nitrogens with zero attached hydrogens (tertiary/aromatic N) is 3. The summed E-state index contributed by atoms with van der Waals surface area (Å²) in [6.07, 6.45) is 4.32. The van der Waals surface area contributed by atoms with E-state index in [2.05, 4.69) is 15.8 Å². The van der Waals surface area contributed by atoms with E-state index in [1.165, 1.54) is 0 Å². The van der Waals surface area contributed by atoms with E-state index in [0.717, 1.165) is 34.5 Å². The second-order valence-corrected chi connectivity index (χ2v) is 8.43. The van der Waals surface area contributed by atoms with Crippen LogP contribution in [0.15, 0.2) is 90.2 Å². The van der Waals surface area contributed by atoms with Crippen molar-refractivity contribution in [3.63, 3.8) is 0 Å². The maximum atomic E-state index is 12.4. The van der Waals surface area contributed by atoms with E-state index in [9.17, 15) is 9.59 Å². The van der Waals surface area contributed by atoms with E-state index in [4.69, 9.17) is 9.84 Å². The highest BCUT2D eigenvalue weighted by Gasteiger charge is 2.12. The molecule has 0 saturated carbocycles. The first kappa shape index (κ1) is 25.4. The molecule has 2 amide bonds. The Bertz CT molecular complexity index is 1380. The lowest BCUT2D eigenvalue weighted by atomic mass is 10.1. The molecular formula is C29H29N5O3. The third kappa shape index (κ3) is 6.91. The summed E-state index contributed by atoms with van der Waals surface area (Å²) >= 11 is 0. The third-order valence-electron chi connectivity index (χ3n) is 5.45. The molecule has 0 aliphatic rings. The van der Waals surface area contributed by atoms with Gasteiger partial charge in [0.15, 0.2) is 0 Å².